The predicted molar refractivity (Wildman–Crippen MR) is 149 cm³/mol. The lowest BCUT2D eigenvalue weighted by Gasteiger charge is -2.46. The molecule has 1 amide bonds. The van der Waals surface area contributed by atoms with Crippen LogP contribution in [0.3, 0.4) is 0 Å². The number of aromatic nitrogens is 4. The standard InChI is InChI=1S/C30H36N8O/c1-28(2)17-32-24-20(16-33-29(3)9-10-29)12-23(36-25(24)28)26(39)35-22-7-5-6-21(13-22)30(14-19(15-30)8-11-31)27-37-34-18-38(27)4/h5-7,12-13,18-19,32-33H,8-10,14-17H2,1-4H3,(H,35,39)/t19-,30+. The van der Waals surface area contributed by atoms with Crippen molar-refractivity contribution in [2.24, 2.45) is 13.0 Å². The lowest BCUT2D eigenvalue weighted by molar-refractivity contribution is 0.102. The number of carbonyl (C=O) groups is 1. The number of anilines is 2. The minimum Gasteiger partial charge on any atom is -0.382 e. The monoisotopic (exact) mass is 524 g/mol. The normalized spacial score (nSPS) is 23.7. The zero-order valence-corrected chi connectivity index (χ0v) is 23.1. The number of amides is 1. The van der Waals surface area contributed by atoms with E-state index in [4.69, 9.17) is 4.98 Å². The Morgan fingerprint density at radius 3 is 2.72 bits per heavy atom. The van der Waals surface area contributed by atoms with Crippen LogP contribution in [-0.4, -0.2) is 37.7 Å². The van der Waals surface area contributed by atoms with Gasteiger partial charge >= 0.3 is 0 Å². The lowest BCUT2D eigenvalue weighted by Crippen LogP contribution is -2.44. The van der Waals surface area contributed by atoms with E-state index in [0.29, 0.717) is 30.3 Å². The Hall–Kier alpha value is -3.77. The van der Waals surface area contributed by atoms with E-state index in [2.05, 4.69) is 59.1 Å². The summed E-state index contributed by atoms with van der Waals surface area (Å²) in [5, 5.41) is 28.1. The first-order valence-corrected chi connectivity index (χ1v) is 13.8. The lowest BCUT2D eigenvalue weighted by atomic mass is 9.57. The van der Waals surface area contributed by atoms with Crippen LogP contribution in [0.15, 0.2) is 36.7 Å². The average Bonchev–Trinajstić information content (AvgIpc) is 3.33. The molecule has 202 valence electrons. The van der Waals surface area contributed by atoms with Crippen LogP contribution in [0, 0.1) is 17.2 Å². The van der Waals surface area contributed by atoms with Gasteiger partial charge < -0.3 is 20.5 Å². The van der Waals surface area contributed by atoms with E-state index in [9.17, 15) is 10.1 Å². The summed E-state index contributed by atoms with van der Waals surface area (Å²) in [6, 6.07) is 12.2. The van der Waals surface area contributed by atoms with Crippen molar-refractivity contribution < 1.29 is 4.79 Å². The third-order valence-electron chi connectivity index (χ3n) is 8.85. The zero-order chi connectivity index (χ0) is 27.4. The molecule has 0 spiro atoms. The molecular weight excluding hydrogens is 488 g/mol. The molecule has 3 aliphatic rings. The number of benzene rings is 1. The van der Waals surface area contributed by atoms with Gasteiger partial charge in [0, 0.05) is 43.2 Å². The molecule has 0 atom stereocenters. The minimum atomic E-state index is -0.327. The Bertz CT molecular complexity index is 1470. The van der Waals surface area contributed by atoms with E-state index in [1.54, 1.807) is 6.33 Å². The Kier molecular flexibility index (Phi) is 5.99. The molecule has 9 nitrogen and oxygen atoms in total. The third-order valence-corrected chi connectivity index (χ3v) is 8.85. The first kappa shape index (κ1) is 25.5. The van der Waals surface area contributed by atoms with Crippen LogP contribution in [0.4, 0.5) is 11.4 Å². The fourth-order valence-electron chi connectivity index (χ4n) is 6.16. The second-order valence-corrected chi connectivity index (χ2v) is 12.6. The number of nitrogens with zero attached hydrogens (tertiary/aromatic N) is 5. The van der Waals surface area contributed by atoms with Crippen molar-refractivity contribution in [1.82, 2.24) is 25.1 Å². The van der Waals surface area contributed by atoms with Gasteiger partial charge in [0.2, 0.25) is 0 Å². The minimum absolute atomic E-state index is 0.156. The highest BCUT2D eigenvalue weighted by Crippen LogP contribution is 2.53. The van der Waals surface area contributed by atoms with Crippen molar-refractivity contribution in [3.8, 4) is 6.07 Å². The Labute approximate surface area is 229 Å². The van der Waals surface area contributed by atoms with Gasteiger partial charge in [0.05, 0.1) is 22.9 Å². The summed E-state index contributed by atoms with van der Waals surface area (Å²) in [5.74, 6) is 0.986. The molecule has 6 rings (SSSR count). The molecule has 3 heterocycles. The molecule has 39 heavy (non-hydrogen) atoms. The molecule has 2 aromatic heterocycles. The number of pyridine rings is 1. The summed E-state index contributed by atoms with van der Waals surface area (Å²) < 4.78 is 1.95. The summed E-state index contributed by atoms with van der Waals surface area (Å²) in [7, 11) is 1.95. The summed E-state index contributed by atoms with van der Waals surface area (Å²) >= 11 is 0. The topological polar surface area (TPSA) is 121 Å². The molecule has 1 aliphatic heterocycles. The first-order valence-electron chi connectivity index (χ1n) is 13.8. The predicted octanol–water partition coefficient (Wildman–Crippen LogP) is 4.42. The first-order chi connectivity index (χ1) is 18.6. The van der Waals surface area contributed by atoms with Gasteiger partial charge in [0.1, 0.15) is 17.8 Å². The number of nitriles is 1. The van der Waals surface area contributed by atoms with Crippen molar-refractivity contribution in [2.45, 2.75) is 75.8 Å². The van der Waals surface area contributed by atoms with Crippen molar-refractivity contribution in [2.75, 3.05) is 17.2 Å². The van der Waals surface area contributed by atoms with Gasteiger partial charge in [-0.3, -0.25) is 4.79 Å². The zero-order valence-electron chi connectivity index (χ0n) is 23.1. The summed E-state index contributed by atoms with van der Waals surface area (Å²) in [4.78, 5) is 18.4. The van der Waals surface area contributed by atoms with Gasteiger partial charge in [-0.25, -0.2) is 4.98 Å². The van der Waals surface area contributed by atoms with Crippen LogP contribution in [0.25, 0.3) is 0 Å². The SMILES string of the molecule is Cn1cnnc1[C@]1(c2cccc(NC(=O)c3cc(CNC4(C)CC4)c4c(n3)C(C)(C)CN4)c2)C[C@H](CC#N)C1. The largest absolute Gasteiger partial charge is 0.382 e. The summed E-state index contributed by atoms with van der Waals surface area (Å²) in [6.07, 6.45) is 6.25. The van der Waals surface area contributed by atoms with Crippen LogP contribution in [0.5, 0.6) is 0 Å². The number of nitrogens with one attached hydrogen (secondary N) is 3. The second-order valence-electron chi connectivity index (χ2n) is 12.6. The number of carbonyl (C=O) groups excluding carboxylic acids is 1. The number of hydrogen-bond acceptors (Lipinski definition) is 7. The van der Waals surface area contributed by atoms with Crippen LogP contribution in [0.2, 0.25) is 0 Å². The summed E-state index contributed by atoms with van der Waals surface area (Å²) in [6.45, 7) is 8.06. The number of aryl methyl sites for hydroxylation is 1. The number of rotatable bonds is 8. The number of hydrogen-bond donors (Lipinski definition) is 3. The maximum atomic E-state index is 13.6. The van der Waals surface area contributed by atoms with Crippen molar-refractivity contribution in [3.05, 3.63) is 65.0 Å². The van der Waals surface area contributed by atoms with Crippen LogP contribution in [-0.2, 0) is 24.4 Å². The molecule has 0 saturated heterocycles. The Morgan fingerprint density at radius 2 is 2.03 bits per heavy atom. The van der Waals surface area contributed by atoms with E-state index < -0.39 is 0 Å². The van der Waals surface area contributed by atoms with E-state index in [1.807, 2.05) is 35.9 Å². The van der Waals surface area contributed by atoms with Gasteiger partial charge in [0.15, 0.2) is 0 Å². The van der Waals surface area contributed by atoms with Gasteiger partial charge in [0.25, 0.3) is 5.91 Å². The molecule has 0 radical (unpaired) electrons. The molecule has 0 bridgehead atoms. The highest BCUT2D eigenvalue weighted by Gasteiger charge is 2.49. The van der Waals surface area contributed by atoms with E-state index >= 15 is 0 Å². The van der Waals surface area contributed by atoms with Crippen LogP contribution < -0.4 is 16.0 Å². The van der Waals surface area contributed by atoms with Crippen molar-refractivity contribution in [1.29, 1.82) is 5.26 Å². The van der Waals surface area contributed by atoms with Gasteiger partial charge in [-0.15, -0.1) is 10.2 Å². The third kappa shape index (κ3) is 4.57. The molecule has 0 unspecified atom stereocenters. The molecular formula is C30H36N8O. The Balaban J connectivity index is 1.28. The molecule has 9 heteroatoms. The van der Waals surface area contributed by atoms with E-state index in [0.717, 1.165) is 47.7 Å². The molecule has 3 aromatic rings. The maximum absolute atomic E-state index is 13.6. The quantitative estimate of drug-likeness (QED) is 0.399. The molecule has 1 aromatic carbocycles. The van der Waals surface area contributed by atoms with E-state index in [-0.39, 0.29) is 22.3 Å². The second kappa shape index (κ2) is 9.16. The van der Waals surface area contributed by atoms with Gasteiger partial charge in [-0.2, -0.15) is 5.26 Å². The van der Waals surface area contributed by atoms with Crippen LogP contribution in [0.1, 0.15) is 86.0 Å². The van der Waals surface area contributed by atoms with E-state index in [1.165, 1.54) is 12.8 Å². The van der Waals surface area contributed by atoms with Crippen molar-refractivity contribution >= 4 is 17.3 Å². The van der Waals surface area contributed by atoms with Gasteiger partial charge in [-0.1, -0.05) is 26.0 Å². The summed E-state index contributed by atoms with van der Waals surface area (Å²) in [5.41, 5.74) is 5.00. The number of fused-ring (bicyclic) bond motifs is 1. The molecule has 2 fully saturated rings. The molecule has 2 aliphatic carbocycles. The van der Waals surface area contributed by atoms with Crippen molar-refractivity contribution in [3.63, 3.8) is 0 Å². The molecule has 3 N–H and O–H groups in total. The van der Waals surface area contributed by atoms with Gasteiger partial charge in [-0.05, 0) is 67.9 Å². The fraction of sp³-hybridized carbons (Fsp3) is 0.500. The highest BCUT2D eigenvalue weighted by molar-refractivity contribution is 6.03. The Morgan fingerprint density at radius 1 is 1.23 bits per heavy atom. The maximum Gasteiger partial charge on any atom is 0.274 e. The smallest absolute Gasteiger partial charge is 0.274 e. The highest BCUT2D eigenvalue weighted by atomic mass is 16.1. The fourth-order valence-corrected chi connectivity index (χ4v) is 6.16. The van der Waals surface area contributed by atoms with Crippen LogP contribution >= 0.6 is 0 Å². The molecule has 2 saturated carbocycles. The average molecular weight is 525 g/mol.